The average Bonchev–Trinajstić information content (AvgIpc) is 3.43. The summed E-state index contributed by atoms with van der Waals surface area (Å²) >= 11 is 0. The van der Waals surface area contributed by atoms with Crippen LogP contribution in [0, 0.1) is 17.8 Å². The molecule has 1 aromatic carbocycles. The summed E-state index contributed by atoms with van der Waals surface area (Å²) in [6.07, 6.45) is -4.85. The second kappa shape index (κ2) is 10.9. The third-order valence-corrected chi connectivity index (χ3v) is 9.07. The van der Waals surface area contributed by atoms with Crippen LogP contribution in [0.3, 0.4) is 0 Å². The number of halogens is 3. The van der Waals surface area contributed by atoms with Crippen LogP contribution in [-0.4, -0.2) is 95.3 Å². The molecule has 0 aromatic heterocycles. The lowest BCUT2D eigenvalue weighted by Gasteiger charge is -2.50. The normalized spacial score (nSPS) is 29.1. The van der Waals surface area contributed by atoms with Gasteiger partial charge in [-0.25, -0.2) is 0 Å². The molecule has 1 saturated heterocycles. The Balaban J connectivity index is 1.64. The molecule has 14 heteroatoms. The first-order valence-corrected chi connectivity index (χ1v) is 13.9. The molecule has 43 heavy (non-hydrogen) atoms. The number of aromatic hydroxyl groups is 1. The number of aliphatic hydroxyl groups is 3. The van der Waals surface area contributed by atoms with Crippen molar-refractivity contribution >= 4 is 23.2 Å². The fourth-order valence-corrected chi connectivity index (χ4v) is 7.14. The summed E-state index contributed by atoms with van der Waals surface area (Å²) in [7, 11) is 4.12. The summed E-state index contributed by atoms with van der Waals surface area (Å²) in [6, 6.07) is -0.405. The maximum Gasteiger partial charge on any atom is 0.417 e. The smallest absolute Gasteiger partial charge is 0.417 e. The van der Waals surface area contributed by atoms with Gasteiger partial charge in [0.15, 0.2) is 11.4 Å². The molecule has 0 radical (unpaired) electrons. The number of ether oxygens (including phenoxy) is 1. The molecule has 1 amide bonds. The number of carbonyl (C=O) groups is 3. The van der Waals surface area contributed by atoms with Crippen LogP contribution in [0.4, 0.5) is 13.2 Å². The number of Topliss-reactive ketones (excluding diaryl/α,β-unsaturated/α-hetero) is 2. The fourth-order valence-electron chi connectivity index (χ4n) is 7.14. The lowest BCUT2D eigenvalue weighted by atomic mass is 9.57. The van der Waals surface area contributed by atoms with E-state index in [1.54, 1.807) is 0 Å². The number of ketones is 2. The number of fused-ring (bicyclic) bond motifs is 3. The topological polar surface area (TPSA) is 169 Å². The van der Waals surface area contributed by atoms with Gasteiger partial charge < -0.3 is 35.8 Å². The molecule has 1 aliphatic heterocycles. The summed E-state index contributed by atoms with van der Waals surface area (Å²) in [5.74, 6) is -8.33. The van der Waals surface area contributed by atoms with Crippen LogP contribution >= 0.6 is 0 Å². The van der Waals surface area contributed by atoms with Crippen LogP contribution in [0.15, 0.2) is 23.0 Å². The molecule has 2 fully saturated rings. The van der Waals surface area contributed by atoms with Gasteiger partial charge in [-0.3, -0.25) is 19.3 Å². The highest BCUT2D eigenvalue weighted by Gasteiger charge is 2.64. The molecule has 1 aromatic rings. The number of hydrogen-bond donors (Lipinski definition) is 6. The lowest BCUT2D eigenvalue weighted by molar-refractivity contribution is -0.153. The number of rotatable bonds is 6. The van der Waals surface area contributed by atoms with Gasteiger partial charge in [-0.15, -0.1) is 0 Å². The Hall–Kier alpha value is -3.46. The van der Waals surface area contributed by atoms with Crippen molar-refractivity contribution < 1.29 is 52.7 Å². The molecular weight excluding hydrogens is 575 g/mol. The van der Waals surface area contributed by atoms with E-state index in [-0.39, 0.29) is 24.4 Å². The summed E-state index contributed by atoms with van der Waals surface area (Å²) in [6.45, 7) is 1.24. The van der Waals surface area contributed by atoms with E-state index >= 15 is 0 Å². The van der Waals surface area contributed by atoms with Crippen molar-refractivity contribution in [2.24, 2.45) is 17.8 Å². The van der Waals surface area contributed by atoms with Gasteiger partial charge in [-0.05, 0) is 62.4 Å². The van der Waals surface area contributed by atoms with Gasteiger partial charge in [-0.2, -0.15) is 13.2 Å². The first-order chi connectivity index (χ1) is 20.1. The summed E-state index contributed by atoms with van der Waals surface area (Å²) in [5.41, 5.74) is -6.45. The number of hydrogen-bond acceptors (Lipinski definition) is 10. The molecule has 0 bridgehead atoms. The van der Waals surface area contributed by atoms with Crippen LogP contribution in [-0.2, 0) is 38.3 Å². The van der Waals surface area contributed by atoms with E-state index in [9.17, 15) is 48.0 Å². The minimum atomic E-state index is -4.89. The highest BCUT2D eigenvalue weighted by Crippen LogP contribution is 2.54. The number of carbonyl (C=O) groups excluding carboxylic acids is 3. The zero-order valence-electron chi connectivity index (χ0n) is 23.8. The molecule has 4 aliphatic rings. The standard InChI is InChI=1S/C29H34F3N3O8/c1-33-27(41)20-24(38)22(35(2)3)16-7-13-6-15-19(23(37)18(13)25(39)28(16,42)26(20)40)17(36)8-14(21(15)29(30,31)32)10-34-9-12-4-5-43-11-12/h8,12-13,16,22,34,36-37,40,42H,4-7,9-11H2,1-3H3,(H,33,41)/t12?,13-,16-,22-,28-/m0/s1. The number of amides is 1. The van der Waals surface area contributed by atoms with Gasteiger partial charge >= 0.3 is 6.18 Å². The van der Waals surface area contributed by atoms with Gasteiger partial charge in [0.05, 0.1) is 23.8 Å². The van der Waals surface area contributed by atoms with Crippen LogP contribution in [0.5, 0.6) is 5.75 Å². The van der Waals surface area contributed by atoms with E-state index < -0.39 is 98.7 Å². The number of phenols is 1. The van der Waals surface area contributed by atoms with E-state index in [1.807, 2.05) is 0 Å². The number of alkyl halides is 3. The minimum Gasteiger partial charge on any atom is -0.508 e. The molecule has 234 valence electrons. The van der Waals surface area contributed by atoms with Crippen molar-refractivity contribution in [3.05, 3.63) is 45.2 Å². The number of nitrogens with zero attached hydrogens (tertiary/aromatic N) is 1. The third kappa shape index (κ3) is 4.80. The second-order valence-corrected chi connectivity index (χ2v) is 11.8. The van der Waals surface area contributed by atoms with Crippen LogP contribution in [0.25, 0.3) is 5.76 Å². The van der Waals surface area contributed by atoms with Crippen LogP contribution in [0.1, 0.15) is 35.1 Å². The SMILES string of the molecule is CNC(=O)C1=C(O)[C@@]2(O)C(=O)C3=C(O)c4c(O)cc(CNCC5CCOC5)c(C(F)(F)F)c4C[C@H]3C[C@H]2[C@H](N(C)C)C1=O. The van der Waals surface area contributed by atoms with Crippen molar-refractivity contribution in [3.63, 3.8) is 0 Å². The maximum absolute atomic E-state index is 14.6. The Morgan fingerprint density at radius 3 is 2.49 bits per heavy atom. The minimum absolute atomic E-state index is 0.138. The van der Waals surface area contributed by atoms with Crippen molar-refractivity contribution in [3.8, 4) is 5.75 Å². The Labute approximate surface area is 245 Å². The second-order valence-electron chi connectivity index (χ2n) is 11.8. The first kappa shape index (κ1) is 31.0. The van der Waals surface area contributed by atoms with Crippen molar-refractivity contribution in [1.29, 1.82) is 0 Å². The summed E-state index contributed by atoms with van der Waals surface area (Å²) in [5, 5.41) is 50.1. The van der Waals surface area contributed by atoms with Gasteiger partial charge in [0.2, 0.25) is 5.78 Å². The van der Waals surface area contributed by atoms with Gasteiger partial charge in [0, 0.05) is 38.2 Å². The molecule has 11 nitrogen and oxygen atoms in total. The van der Waals surface area contributed by atoms with E-state index in [4.69, 9.17) is 4.74 Å². The van der Waals surface area contributed by atoms with E-state index in [1.165, 1.54) is 26.0 Å². The zero-order valence-corrected chi connectivity index (χ0v) is 23.8. The van der Waals surface area contributed by atoms with Gasteiger partial charge in [0.1, 0.15) is 22.8 Å². The van der Waals surface area contributed by atoms with Gasteiger partial charge in [0.25, 0.3) is 5.91 Å². The molecule has 1 heterocycles. The molecule has 3 aliphatic carbocycles. The Morgan fingerprint density at radius 1 is 1.21 bits per heavy atom. The predicted octanol–water partition coefficient (Wildman–Crippen LogP) is 1.37. The molecule has 0 spiro atoms. The molecular formula is C29H34F3N3O8. The van der Waals surface area contributed by atoms with Crippen molar-refractivity contribution in [1.82, 2.24) is 15.5 Å². The quantitative estimate of drug-likeness (QED) is 0.259. The average molecular weight is 610 g/mol. The molecule has 5 atom stereocenters. The lowest BCUT2D eigenvalue weighted by Crippen LogP contribution is -2.65. The zero-order chi connectivity index (χ0) is 31.6. The number of benzene rings is 1. The number of nitrogens with one attached hydrogen (secondary N) is 2. The first-order valence-electron chi connectivity index (χ1n) is 13.9. The Bertz CT molecular complexity index is 1450. The Morgan fingerprint density at radius 2 is 1.91 bits per heavy atom. The number of likely N-dealkylation sites (N-methyl/N-ethyl adjacent to an activating group) is 2. The third-order valence-electron chi connectivity index (χ3n) is 9.07. The number of aliphatic hydroxyl groups excluding tert-OH is 2. The molecule has 5 rings (SSSR count). The van der Waals surface area contributed by atoms with E-state index in [2.05, 4.69) is 10.6 Å². The van der Waals surface area contributed by atoms with Gasteiger partial charge in [-0.1, -0.05) is 0 Å². The highest BCUT2D eigenvalue weighted by atomic mass is 19.4. The Kier molecular flexibility index (Phi) is 7.86. The number of phenolic OH excluding ortho intramolecular Hbond substituents is 1. The largest absolute Gasteiger partial charge is 0.508 e. The van der Waals surface area contributed by atoms with E-state index in [0.29, 0.717) is 19.8 Å². The van der Waals surface area contributed by atoms with Crippen molar-refractivity contribution in [2.45, 2.75) is 43.6 Å². The molecule has 1 unspecified atom stereocenters. The molecule has 6 N–H and O–H groups in total. The van der Waals surface area contributed by atoms with E-state index in [0.717, 1.165) is 12.5 Å². The fraction of sp³-hybridized carbons (Fsp3) is 0.552. The summed E-state index contributed by atoms with van der Waals surface area (Å²) in [4.78, 5) is 41.2. The summed E-state index contributed by atoms with van der Waals surface area (Å²) < 4.78 is 49.1. The van der Waals surface area contributed by atoms with Crippen LogP contribution < -0.4 is 10.6 Å². The van der Waals surface area contributed by atoms with Crippen molar-refractivity contribution in [2.75, 3.05) is 40.9 Å². The predicted molar refractivity (Wildman–Crippen MR) is 145 cm³/mol. The van der Waals surface area contributed by atoms with Crippen LogP contribution in [0.2, 0.25) is 0 Å². The maximum atomic E-state index is 14.6. The highest BCUT2D eigenvalue weighted by molar-refractivity contribution is 6.24. The monoisotopic (exact) mass is 609 g/mol. The molecule has 1 saturated carbocycles.